The van der Waals surface area contributed by atoms with Crippen LogP contribution >= 0.6 is 7.14 Å². The first-order valence-electron chi connectivity index (χ1n) is 13.9. The Labute approximate surface area is 230 Å². The van der Waals surface area contributed by atoms with Crippen molar-refractivity contribution in [1.82, 2.24) is 9.80 Å². The maximum absolute atomic E-state index is 15.2. The van der Waals surface area contributed by atoms with Gasteiger partial charge in [-0.25, -0.2) is 4.79 Å². The summed E-state index contributed by atoms with van der Waals surface area (Å²) in [5.74, 6) is -2.00. The summed E-state index contributed by atoms with van der Waals surface area (Å²) < 4.78 is 15.2. The predicted octanol–water partition coefficient (Wildman–Crippen LogP) is 4.52. The highest BCUT2D eigenvalue weighted by atomic mass is 31.2. The summed E-state index contributed by atoms with van der Waals surface area (Å²) in [4.78, 5) is 43.7. The molecular weight excluding hydrogens is 513 g/mol. The van der Waals surface area contributed by atoms with Crippen LogP contribution in [0.4, 0.5) is 0 Å². The first kappa shape index (κ1) is 29.0. The molecule has 2 saturated heterocycles. The number of hydrogen-bond donors (Lipinski definition) is 2. The summed E-state index contributed by atoms with van der Waals surface area (Å²) in [5, 5.41) is 8.96. The molecule has 8 nitrogen and oxygen atoms in total. The lowest BCUT2D eigenvalue weighted by atomic mass is 9.98. The van der Waals surface area contributed by atoms with Crippen LogP contribution in [0.2, 0.25) is 0 Å². The second-order valence-corrected chi connectivity index (χ2v) is 14.1. The summed E-state index contributed by atoms with van der Waals surface area (Å²) in [7, 11) is -3.65. The molecule has 2 heterocycles. The number of carboxylic acids is 1. The van der Waals surface area contributed by atoms with E-state index in [4.69, 9.17) is 5.73 Å². The molecule has 0 radical (unpaired) electrons. The number of nitrogens with two attached hydrogens (primary N) is 1. The number of carbonyl (C=O) groups is 3. The quantitative estimate of drug-likeness (QED) is 0.418. The van der Waals surface area contributed by atoms with Crippen LogP contribution in [0.3, 0.4) is 0 Å². The van der Waals surface area contributed by atoms with Crippen LogP contribution in [0, 0.1) is 5.92 Å². The van der Waals surface area contributed by atoms with Crippen LogP contribution in [0.25, 0.3) is 0 Å². The first-order chi connectivity index (χ1) is 18.6. The molecule has 39 heavy (non-hydrogen) atoms. The number of likely N-dealkylation sites (tertiary alicyclic amines) is 2. The summed E-state index contributed by atoms with van der Waals surface area (Å²) in [6.07, 6.45) is 2.46. The van der Waals surface area contributed by atoms with Crippen molar-refractivity contribution < 1.29 is 24.1 Å². The number of amides is 2. The van der Waals surface area contributed by atoms with E-state index in [0.29, 0.717) is 25.8 Å². The predicted molar refractivity (Wildman–Crippen MR) is 151 cm³/mol. The van der Waals surface area contributed by atoms with E-state index in [9.17, 15) is 19.5 Å². The molecule has 2 fully saturated rings. The van der Waals surface area contributed by atoms with E-state index in [1.165, 1.54) is 9.80 Å². The molecule has 0 spiro atoms. The second-order valence-electron chi connectivity index (χ2n) is 11.0. The molecule has 4 rings (SSSR count). The number of carboxylic acid groups (broad SMARTS) is 1. The van der Waals surface area contributed by atoms with Crippen LogP contribution in [0.15, 0.2) is 60.7 Å². The van der Waals surface area contributed by atoms with Gasteiger partial charge in [0.1, 0.15) is 13.2 Å². The van der Waals surface area contributed by atoms with E-state index >= 15 is 4.57 Å². The van der Waals surface area contributed by atoms with E-state index in [-0.39, 0.29) is 37.1 Å². The zero-order chi connectivity index (χ0) is 28.2. The zero-order valence-corrected chi connectivity index (χ0v) is 23.8. The fourth-order valence-corrected chi connectivity index (χ4v) is 9.94. The summed E-state index contributed by atoms with van der Waals surface area (Å²) >= 11 is 0. The Morgan fingerprint density at radius 1 is 1.00 bits per heavy atom. The first-order valence-corrected chi connectivity index (χ1v) is 16.0. The maximum Gasteiger partial charge on any atom is 0.337 e. The van der Waals surface area contributed by atoms with Gasteiger partial charge in [0.05, 0.1) is 6.04 Å². The van der Waals surface area contributed by atoms with Crippen molar-refractivity contribution in [3.05, 3.63) is 71.8 Å². The molecule has 2 aromatic rings. The minimum absolute atomic E-state index is 0.0456. The standard InChI is InChI=1S/C30H40N3O5P/c1-3-22(2)26(31)28(35)32-18-10-16-25(32)27(34)33-19-11-17-30(33,29(36)37)39(38,20-23-12-6-4-7-13-23)21-24-14-8-5-9-15-24/h4-9,12-15,22,25-26H,3,10-11,16-21,31H2,1-2H3,(H,36,37)/t22-,25-,26-,30+/m0/s1. The largest absolute Gasteiger partial charge is 0.479 e. The van der Waals surface area contributed by atoms with E-state index in [2.05, 4.69) is 0 Å². The van der Waals surface area contributed by atoms with Crippen molar-refractivity contribution >= 4 is 24.9 Å². The normalized spacial score (nSPS) is 23.0. The van der Waals surface area contributed by atoms with E-state index in [0.717, 1.165) is 17.5 Å². The van der Waals surface area contributed by atoms with Gasteiger partial charge in [0.2, 0.25) is 11.8 Å². The lowest BCUT2D eigenvalue weighted by molar-refractivity contribution is -0.154. The Balaban J connectivity index is 1.74. The summed E-state index contributed by atoms with van der Waals surface area (Å²) in [6, 6.07) is 17.0. The highest BCUT2D eigenvalue weighted by Crippen LogP contribution is 2.67. The molecule has 2 aliphatic rings. The SMILES string of the molecule is CC[C@H](C)[C@H](N)C(=O)N1CCC[C@H]1C(=O)N1CCC[C@]1(C(=O)O)P(=O)(Cc1ccccc1)Cc1ccccc1. The van der Waals surface area contributed by atoms with Crippen molar-refractivity contribution in [2.75, 3.05) is 13.1 Å². The highest BCUT2D eigenvalue weighted by Gasteiger charge is 2.62. The van der Waals surface area contributed by atoms with Gasteiger partial charge in [-0.2, -0.15) is 0 Å². The molecule has 9 heteroatoms. The Morgan fingerprint density at radius 3 is 2.08 bits per heavy atom. The van der Waals surface area contributed by atoms with Crippen LogP contribution < -0.4 is 5.73 Å². The summed E-state index contributed by atoms with van der Waals surface area (Å²) in [5.41, 5.74) is 7.80. The minimum atomic E-state index is -3.65. The topological polar surface area (TPSA) is 121 Å². The van der Waals surface area contributed by atoms with E-state index in [1.807, 2.05) is 74.5 Å². The fourth-order valence-electron chi connectivity index (χ4n) is 6.15. The average molecular weight is 554 g/mol. The Hall–Kier alpha value is -2.96. The van der Waals surface area contributed by atoms with Gasteiger partial charge in [0.25, 0.3) is 0 Å². The number of carbonyl (C=O) groups excluding carboxylic acids is 2. The Bertz CT molecular complexity index is 1180. The van der Waals surface area contributed by atoms with Crippen molar-refractivity contribution in [2.45, 2.75) is 75.6 Å². The molecule has 3 N–H and O–H groups in total. The van der Waals surface area contributed by atoms with Crippen molar-refractivity contribution in [1.29, 1.82) is 0 Å². The van der Waals surface area contributed by atoms with Crippen molar-refractivity contribution in [2.24, 2.45) is 11.7 Å². The third-order valence-corrected chi connectivity index (χ3v) is 12.3. The lowest BCUT2D eigenvalue weighted by Crippen LogP contribution is -2.59. The van der Waals surface area contributed by atoms with Crippen LogP contribution in [-0.4, -0.2) is 63.1 Å². The van der Waals surface area contributed by atoms with Crippen molar-refractivity contribution in [3.8, 4) is 0 Å². The van der Waals surface area contributed by atoms with Gasteiger partial charge in [-0.1, -0.05) is 80.9 Å². The molecule has 0 aliphatic carbocycles. The molecule has 210 valence electrons. The second kappa shape index (κ2) is 12.1. The zero-order valence-electron chi connectivity index (χ0n) is 22.9. The molecule has 2 amide bonds. The van der Waals surface area contributed by atoms with Gasteiger partial charge < -0.3 is 25.2 Å². The van der Waals surface area contributed by atoms with E-state index < -0.39 is 36.4 Å². The number of rotatable bonds is 10. The molecule has 0 unspecified atom stereocenters. The maximum atomic E-state index is 15.2. The van der Waals surface area contributed by atoms with Gasteiger partial charge in [-0.15, -0.1) is 0 Å². The minimum Gasteiger partial charge on any atom is -0.479 e. The lowest BCUT2D eigenvalue weighted by Gasteiger charge is -2.43. The molecule has 2 aromatic carbocycles. The molecule has 0 saturated carbocycles. The number of nitrogens with zero attached hydrogens (tertiary/aromatic N) is 2. The smallest absolute Gasteiger partial charge is 0.337 e. The third-order valence-electron chi connectivity index (χ3n) is 8.56. The number of benzene rings is 2. The van der Waals surface area contributed by atoms with Gasteiger partial charge in [-0.05, 0) is 42.7 Å². The fraction of sp³-hybridized carbons (Fsp3) is 0.500. The molecular formula is C30H40N3O5P. The molecule has 0 aromatic heterocycles. The van der Waals surface area contributed by atoms with Gasteiger partial charge in [0.15, 0.2) is 5.28 Å². The third kappa shape index (κ3) is 5.55. The van der Waals surface area contributed by atoms with Crippen molar-refractivity contribution in [3.63, 3.8) is 0 Å². The van der Waals surface area contributed by atoms with Gasteiger partial charge in [-0.3, -0.25) is 9.59 Å². The van der Waals surface area contributed by atoms with Crippen LogP contribution in [0.1, 0.15) is 57.1 Å². The average Bonchev–Trinajstić information content (AvgIpc) is 3.61. The van der Waals surface area contributed by atoms with Gasteiger partial charge >= 0.3 is 5.97 Å². The molecule has 0 bridgehead atoms. The number of aliphatic carboxylic acids is 1. The Morgan fingerprint density at radius 2 is 1.56 bits per heavy atom. The molecule has 2 aliphatic heterocycles. The highest BCUT2D eigenvalue weighted by molar-refractivity contribution is 7.65. The van der Waals surface area contributed by atoms with Gasteiger partial charge in [0, 0.05) is 25.4 Å². The monoisotopic (exact) mass is 553 g/mol. The van der Waals surface area contributed by atoms with Crippen LogP contribution in [-0.2, 0) is 31.3 Å². The Kier molecular flexibility index (Phi) is 8.97. The van der Waals surface area contributed by atoms with Crippen LogP contribution in [0.5, 0.6) is 0 Å². The van der Waals surface area contributed by atoms with E-state index in [1.54, 1.807) is 0 Å². The molecule has 4 atom stereocenters. The summed E-state index contributed by atoms with van der Waals surface area (Å²) in [6.45, 7) is 4.47. The number of hydrogen-bond acceptors (Lipinski definition) is 5.